The van der Waals surface area contributed by atoms with Crippen molar-refractivity contribution in [2.45, 2.75) is 34.6 Å². The molecule has 0 spiro atoms. The van der Waals surface area contributed by atoms with Crippen LogP contribution in [0.25, 0.3) is 16.5 Å². The van der Waals surface area contributed by atoms with Crippen LogP contribution in [0.15, 0.2) is 40.8 Å². The molecule has 0 N–H and O–H groups in total. The molecule has 1 nitrogen and oxygen atoms in total. The second kappa shape index (κ2) is 6.63. The van der Waals surface area contributed by atoms with Gasteiger partial charge < -0.3 is 4.42 Å². The number of fused-ring (bicyclic) bond motifs is 1. The molecule has 2 aromatic rings. The van der Waals surface area contributed by atoms with E-state index in [4.69, 9.17) is 16.0 Å². The number of halogens is 1. The molecule has 0 bridgehead atoms. The van der Waals surface area contributed by atoms with E-state index in [1.54, 1.807) is 0 Å². The van der Waals surface area contributed by atoms with E-state index in [0.29, 0.717) is 5.02 Å². The maximum Gasteiger partial charge on any atom is 0.143 e. The monoisotopic (exact) mass is 276 g/mol. The van der Waals surface area contributed by atoms with Gasteiger partial charge in [-0.05, 0) is 50.1 Å². The number of benzene rings is 1. The zero-order chi connectivity index (χ0) is 14.6. The Balaban J connectivity index is 0.000000861. The van der Waals surface area contributed by atoms with Crippen molar-refractivity contribution in [1.29, 1.82) is 0 Å². The molecule has 0 saturated carbocycles. The number of rotatable bonds is 2. The van der Waals surface area contributed by atoms with Gasteiger partial charge in [-0.1, -0.05) is 38.1 Å². The highest BCUT2D eigenvalue weighted by molar-refractivity contribution is 6.35. The van der Waals surface area contributed by atoms with Crippen molar-refractivity contribution in [1.82, 2.24) is 0 Å². The second-order valence-corrected chi connectivity index (χ2v) is 4.55. The molecule has 0 aliphatic rings. The maximum atomic E-state index is 6.16. The third-order valence-corrected chi connectivity index (χ3v) is 3.32. The minimum atomic E-state index is 0.714. The van der Waals surface area contributed by atoms with Gasteiger partial charge in [0, 0.05) is 10.9 Å². The molecule has 102 valence electrons. The number of hydrogen-bond acceptors (Lipinski definition) is 1. The fraction of sp³-hybridized carbons (Fsp3) is 0.294. The Labute approximate surface area is 120 Å². The molecule has 0 fully saturated rings. The summed E-state index contributed by atoms with van der Waals surface area (Å²) in [6.45, 7) is 14.1. The molecule has 1 aromatic heterocycles. The largest absolute Gasteiger partial charge is 0.461 e. The van der Waals surface area contributed by atoms with Crippen molar-refractivity contribution in [2.24, 2.45) is 0 Å². The Morgan fingerprint density at radius 1 is 1.32 bits per heavy atom. The normalized spacial score (nSPS) is 11.2. The smallest absolute Gasteiger partial charge is 0.143 e. The van der Waals surface area contributed by atoms with E-state index in [9.17, 15) is 0 Å². The Kier molecular flexibility index (Phi) is 5.44. The fourth-order valence-corrected chi connectivity index (χ4v) is 2.04. The van der Waals surface area contributed by atoms with Gasteiger partial charge in [-0.3, -0.25) is 0 Å². The van der Waals surface area contributed by atoms with Crippen LogP contribution in [0.4, 0.5) is 0 Å². The van der Waals surface area contributed by atoms with Crippen molar-refractivity contribution in [2.75, 3.05) is 0 Å². The SMILES string of the molecule is C=C(/C(C)=C/C)c1ccc(Cl)c2cc(C)oc12.CC. The van der Waals surface area contributed by atoms with Crippen LogP contribution in [0.5, 0.6) is 0 Å². The summed E-state index contributed by atoms with van der Waals surface area (Å²) >= 11 is 6.16. The van der Waals surface area contributed by atoms with Gasteiger partial charge in [0.2, 0.25) is 0 Å². The van der Waals surface area contributed by atoms with Gasteiger partial charge in [0.15, 0.2) is 0 Å². The molecule has 0 aliphatic carbocycles. The number of aryl methyl sites for hydroxylation is 1. The van der Waals surface area contributed by atoms with Gasteiger partial charge in [0.1, 0.15) is 11.3 Å². The van der Waals surface area contributed by atoms with Crippen LogP contribution in [-0.4, -0.2) is 0 Å². The van der Waals surface area contributed by atoms with E-state index in [-0.39, 0.29) is 0 Å². The maximum absolute atomic E-state index is 6.16. The average molecular weight is 277 g/mol. The summed E-state index contributed by atoms with van der Waals surface area (Å²) in [5.41, 5.74) is 3.94. The summed E-state index contributed by atoms with van der Waals surface area (Å²) in [7, 11) is 0. The van der Waals surface area contributed by atoms with Gasteiger partial charge in [-0.25, -0.2) is 0 Å². The third kappa shape index (κ3) is 3.10. The van der Waals surface area contributed by atoms with E-state index in [0.717, 1.165) is 33.4 Å². The molecular formula is C17H21ClO. The molecule has 1 heterocycles. The number of allylic oxidation sites excluding steroid dienone is 3. The summed E-state index contributed by atoms with van der Waals surface area (Å²) < 4.78 is 5.72. The first-order valence-electron chi connectivity index (χ1n) is 6.55. The highest BCUT2D eigenvalue weighted by atomic mass is 35.5. The summed E-state index contributed by atoms with van der Waals surface area (Å²) in [5.74, 6) is 0.861. The van der Waals surface area contributed by atoms with Crippen molar-refractivity contribution in [3.8, 4) is 0 Å². The van der Waals surface area contributed by atoms with E-state index >= 15 is 0 Å². The average Bonchev–Trinajstić information content (AvgIpc) is 2.82. The summed E-state index contributed by atoms with van der Waals surface area (Å²) in [6.07, 6.45) is 2.04. The lowest BCUT2D eigenvalue weighted by molar-refractivity contribution is 0.578. The molecule has 0 atom stereocenters. The topological polar surface area (TPSA) is 13.1 Å². The Morgan fingerprint density at radius 2 is 1.95 bits per heavy atom. The lowest BCUT2D eigenvalue weighted by atomic mass is 9.99. The van der Waals surface area contributed by atoms with Crippen molar-refractivity contribution >= 4 is 28.1 Å². The highest BCUT2D eigenvalue weighted by Gasteiger charge is 2.12. The van der Waals surface area contributed by atoms with E-state index < -0.39 is 0 Å². The van der Waals surface area contributed by atoms with Crippen LogP contribution in [0.1, 0.15) is 39.0 Å². The molecule has 0 aliphatic heterocycles. The predicted octanol–water partition coefficient (Wildman–Crippen LogP) is 6.40. The molecular weight excluding hydrogens is 256 g/mol. The molecule has 0 saturated heterocycles. The minimum Gasteiger partial charge on any atom is -0.461 e. The summed E-state index contributed by atoms with van der Waals surface area (Å²) in [4.78, 5) is 0. The highest BCUT2D eigenvalue weighted by Crippen LogP contribution is 2.34. The fourth-order valence-electron chi connectivity index (χ4n) is 1.84. The standard InChI is InChI=1S/C15H15ClO.C2H6/c1-5-9(2)11(4)12-6-7-14(16)13-8-10(3)17-15(12)13;1-2/h5-8H,4H2,1-3H3;1-2H3/b9-5+;. The van der Waals surface area contributed by atoms with Crippen molar-refractivity contribution < 1.29 is 4.42 Å². The van der Waals surface area contributed by atoms with Crippen LogP contribution in [0.2, 0.25) is 5.02 Å². The van der Waals surface area contributed by atoms with E-state index in [1.165, 1.54) is 0 Å². The predicted molar refractivity (Wildman–Crippen MR) is 85.8 cm³/mol. The van der Waals surface area contributed by atoms with Crippen molar-refractivity contribution in [3.05, 3.63) is 52.8 Å². The summed E-state index contributed by atoms with van der Waals surface area (Å²) in [6, 6.07) is 5.81. The lowest BCUT2D eigenvalue weighted by Crippen LogP contribution is -1.85. The molecule has 2 heteroatoms. The Morgan fingerprint density at radius 3 is 2.53 bits per heavy atom. The summed E-state index contributed by atoms with van der Waals surface area (Å²) in [5, 5.41) is 1.67. The molecule has 19 heavy (non-hydrogen) atoms. The van der Waals surface area contributed by atoms with Gasteiger partial charge in [-0.2, -0.15) is 0 Å². The van der Waals surface area contributed by atoms with Crippen LogP contribution in [0, 0.1) is 6.92 Å². The van der Waals surface area contributed by atoms with E-state index in [2.05, 4.69) is 6.58 Å². The molecule has 2 rings (SSSR count). The molecule has 0 unspecified atom stereocenters. The van der Waals surface area contributed by atoms with Gasteiger partial charge in [0.25, 0.3) is 0 Å². The zero-order valence-corrected chi connectivity index (χ0v) is 13.1. The first kappa shape index (κ1) is 15.6. The van der Waals surface area contributed by atoms with Crippen LogP contribution >= 0.6 is 11.6 Å². The first-order valence-corrected chi connectivity index (χ1v) is 6.93. The molecule has 1 aromatic carbocycles. The van der Waals surface area contributed by atoms with Gasteiger partial charge in [-0.15, -0.1) is 0 Å². The lowest BCUT2D eigenvalue weighted by Gasteiger charge is -2.07. The van der Waals surface area contributed by atoms with E-state index in [1.807, 2.05) is 58.9 Å². The van der Waals surface area contributed by atoms with Gasteiger partial charge >= 0.3 is 0 Å². The van der Waals surface area contributed by atoms with Crippen LogP contribution in [0.3, 0.4) is 0 Å². The van der Waals surface area contributed by atoms with Crippen LogP contribution in [-0.2, 0) is 0 Å². The van der Waals surface area contributed by atoms with Crippen LogP contribution < -0.4 is 0 Å². The van der Waals surface area contributed by atoms with Crippen molar-refractivity contribution in [3.63, 3.8) is 0 Å². The molecule has 0 amide bonds. The quantitative estimate of drug-likeness (QED) is 0.578. The zero-order valence-electron chi connectivity index (χ0n) is 12.3. The first-order chi connectivity index (χ1) is 9.04. The second-order valence-electron chi connectivity index (χ2n) is 4.15. The Bertz CT molecular complexity index is 617. The number of furan rings is 1. The third-order valence-electron chi connectivity index (χ3n) is 2.99. The van der Waals surface area contributed by atoms with Gasteiger partial charge in [0.05, 0.1) is 5.02 Å². The molecule has 0 radical (unpaired) electrons. The minimum absolute atomic E-state index is 0.714. The Hall–Kier alpha value is -1.47. The number of hydrogen-bond donors (Lipinski definition) is 0.